The molecule has 2 nitrogen and oxygen atoms in total. The molecule has 1 fully saturated rings. The van der Waals surface area contributed by atoms with E-state index in [1.54, 1.807) is 6.07 Å². The summed E-state index contributed by atoms with van der Waals surface area (Å²) in [6.07, 6.45) is 4.17. The Balaban J connectivity index is 1.84. The molecular weight excluding hydrogens is 227 g/mol. The van der Waals surface area contributed by atoms with Crippen LogP contribution in [0.15, 0.2) is 24.3 Å². The zero-order valence-electron chi connectivity index (χ0n) is 11.1. The average molecular weight is 250 g/mol. The van der Waals surface area contributed by atoms with Crippen LogP contribution in [0.25, 0.3) is 0 Å². The fourth-order valence-corrected chi connectivity index (χ4v) is 2.80. The summed E-state index contributed by atoms with van der Waals surface area (Å²) in [5, 5.41) is 0. The van der Waals surface area contributed by atoms with Gasteiger partial charge in [-0.2, -0.15) is 0 Å². The molecule has 100 valence electrons. The van der Waals surface area contributed by atoms with E-state index in [2.05, 4.69) is 11.8 Å². The molecule has 2 atom stereocenters. The van der Waals surface area contributed by atoms with Crippen molar-refractivity contribution < 1.29 is 4.39 Å². The van der Waals surface area contributed by atoms with Gasteiger partial charge in [-0.15, -0.1) is 0 Å². The van der Waals surface area contributed by atoms with E-state index in [0.29, 0.717) is 12.5 Å². The Morgan fingerprint density at radius 1 is 1.28 bits per heavy atom. The minimum absolute atomic E-state index is 0.0394. The fraction of sp³-hybridized carbons (Fsp3) is 0.600. The lowest BCUT2D eigenvalue weighted by Crippen LogP contribution is -2.37. The first-order chi connectivity index (χ1) is 8.66. The first-order valence-corrected chi connectivity index (χ1v) is 6.90. The molecule has 0 spiro atoms. The Bertz CT molecular complexity index is 375. The molecule has 2 unspecified atom stereocenters. The predicted molar refractivity (Wildman–Crippen MR) is 73.0 cm³/mol. The molecule has 1 saturated heterocycles. The summed E-state index contributed by atoms with van der Waals surface area (Å²) in [5.74, 6) is -0.137. The Kier molecular flexibility index (Phi) is 4.72. The molecule has 1 aliphatic heterocycles. The van der Waals surface area contributed by atoms with Crippen molar-refractivity contribution in [2.45, 2.75) is 44.7 Å². The van der Waals surface area contributed by atoms with Gasteiger partial charge in [-0.3, -0.25) is 0 Å². The second-order valence-electron chi connectivity index (χ2n) is 5.38. The smallest absolute Gasteiger partial charge is 0.126 e. The van der Waals surface area contributed by atoms with E-state index in [0.717, 1.165) is 12.0 Å². The van der Waals surface area contributed by atoms with Crippen molar-refractivity contribution in [2.24, 2.45) is 5.73 Å². The van der Waals surface area contributed by atoms with Gasteiger partial charge in [0.05, 0.1) is 0 Å². The minimum Gasteiger partial charge on any atom is -0.327 e. The van der Waals surface area contributed by atoms with Crippen LogP contribution in [0.1, 0.15) is 31.7 Å². The summed E-state index contributed by atoms with van der Waals surface area (Å²) in [6.45, 7) is 4.60. The van der Waals surface area contributed by atoms with Gasteiger partial charge in [0.15, 0.2) is 0 Å². The van der Waals surface area contributed by atoms with E-state index in [-0.39, 0.29) is 11.9 Å². The molecule has 3 heteroatoms. The van der Waals surface area contributed by atoms with E-state index in [9.17, 15) is 4.39 Å². The first kappa shape index (κ1) is 13.5. The van der Waals surface area contributed by atoms with E-state index in [4.69, 9.17) is 5.73 Å². The molecule has 1 heterocycles. The Labute approximate surface area is 109 Å². The van der Waals surface area contributed by atoms with Crippen molar-refractivity contribution in [2.75, 3.05) is 13.1 Å². The van der Waals surface area contributed by atoms with Gasteiger partial charge in [0, 0.05) is 12.1 Å². The first-order valence-electron chi connectivity index (χ1n) is 6.90. The monoisotopic (exact) mass is 250 g/mol. The van der Waals surface area contributed by atoms with Gasteiger partial charge >= 0.3 is 0 Å². The van der Waals surface area contributed by atoms with Gasteiger partial charge in [-0.25, -0.2) is 4.39 Å². The maximum atomic E-state index is 13.5. The van der Waals surface area contributed by atoms with Crippen molar-refractivity contribution in [3.63, 3.8) is 0 Å². The summed E-state index contributed by atoms with van der Waals surface area (Å²) in [4.78, 5) is 2.49. The van der Waals surface area contributed by atoms with Crippen LogP contribution in [0.5, 0.6) is 0 Å². The van der Waals surface area contributed by atoms with Gasteiger partial charge in [-0.05, 0) is 57.3 Å². The average Bonchev–Trinajstić information content (AvgIpc) is 2.85. The maximum absolute atomic E-state index is 13.5. The van der Waals surface area contributed by atoms with Gasteiger partial charge in [0.1, 0.15) is 5.82 Å². The minimum atomic E-state index is -0.137. The lowest BCUT2D eigenvalue weighted by atomic mass is 10.00. The van der Waals surface area contributed by atoms with Crippen LogP contribution >= 0.6 is 0 Å². The van der Waals surface area contributed by atoms with Gasteiger partial charge in [-0.1, -0.05) is 18.2 Å². The van der Waals surface area contributed by atoms with Crippen molar-refractivity contribution in [1.29, 1.82) is 0 Å². The molecule has 18 heavy (non-hydrogen) atoms. The summed E-state index contributed by atoms with van der Waals surface area (Å²) in [7, 11) is 0. The Morgan fingerprint density at radius 2 is 1.94 bits per heavy atom. The van der Waals surface area contributed by atoms with Crippen LogP contribution in [-0.2, 0) is 6.42 Å². The molecule has 0 bridgehead atoms. The van der Waals surface area contributed by atoms with Crippen LogP contribution < -0.4 is 5.73 Å². The van der Waals surface area contributed by atoms with Crippen LogP contribution in [0, 0.1) is 5.82 Å². The standard InChI is InChI=1S/C15H23FN2/c1-12(18-8-4-5-9-18)10-14(17)11-13-6-2-3-7-15(13)16/h2-3,6-7,12,14H,4-5,8-11,17H2,1H3. The Hall–Kier alpha value is -0.930. The largest absolute Gasteiger partial charge is 0.327 e. The highest BCUT2D eigenvalue weighted by Gasteiger charge is 2.20. The molecule has 0 saturated carbocycles. The van der Waals surface area contributed by atoms with Gasteiger partial charge in [0.25, 0.3) is 0 Å². The zero-order valence-corrected chi connectivity index (χ0v) is 11.1. The van der Waals surface area contributed by atoms with E-state index < -0.39 is 0 Å². The number of likely N-dealkylation sites (tertiary alicyclic amines) is 1. The van der Waals surface area contributed by atoms with E-state index in [1.807, 2.05) is 12.1 Å². The normalized spacial score (nSPS) is 19.9. The van der Waals surface area contributed by atoms with Crippen molar-refractivity contribution in [3.05, 3.63) is 35.6 Å². The number of hydrogen-bond donors (Lipinski definition) is 1. The number of hydrogen-bond acceptors (Lipinski definition) is 2. The zero-order chi connectivity index (χ0) is 13.0. The van der Waals surface area contributed by atoms with Crippen LogP contribution in [0.4, 0.5) is 4.39 Å². The number of nitrogens with zero attached hydrogens (tertiary/aromatic N) is 1. The molecule has 0 aliphatic carbocycles. The predicted octanol–water partition coefficient (Wildman–Crippen LogP) is 2.57. The maximum Gasteiger partial charge on any atom is 0.126 e. The number of nitrogens with two attached hydrogens (primary N) is 1. The molecule has 1 aromatic rings. The van der Waals surface area contributed by atoms with E-state index in [1.165, 1.54) is 32.0 Å². The number of rotatable bonds is 5. The highest BCUT2D eigenvalue weighted by molar-refractivity contribution is 5.18. The summed E-state index contributed by atoms with van der Waals surface area (Å²) < 4.78 is 13.5. The molecule has 0 amide bonds. The fourth-order valence-electron chi connectivity index (χ4n) is 2.80. The molecule has 1 aromatic carbocycles. The number of halogens is 1. The summed E-state index contributed by atoms with van der Waals surface area (Å²) in [6, 6.07) is 7.47. The van der Waals surface area contributed by atoms with E-state index >= 15 is 0 Å². The highest BCUT2D eigenvalue weighted by Crippen LogP contribution is 2.16. The molecule has 2 rings (SSSR count). The highest BCUT2D eigenvalue weighted by atomic mass is 19.1. The molecule has 0 aromatic heterocycles. The van der Waals surface area contributed by atoms with Gasteiger partial charge < -0.3 is 10.6 Å². The summed E-state index contributed by atoms with van der Waals surface area (Å²) >= 11 is 0. The Morgan fingerprint density at radius 3 is 2.61 bits per heavy atom. The number of benzene rings is 1. The van der Waals surface area contributed by atoms with Crippen LogP contribution in [-0.4, -0.2) is 30.1 Å². The van der Waals surface area contributed by atoms with Gasteiger partial charge in [0.2, 0.25) is 0 Å². The summed E-state index contributed by atoms with van der Waals surface area (Å²) in [5.41, 5.74) is 6.88. The molecule has 0 radical (unpaired) electrons. The topological polar surface area (TPSA) is 29.3 Å². The molecule has 1 aliphatic rings. The van der Waals surface area contributed by atoms with Crippen molar-refractivity contribution in [1.82, 2.24) is 4.90 Å². The van der Waals surface area contributed by atoms with Crippen LogP contribution in [0.3, 0.4) is 0 Å². The lowest BCUT2D eigenvalue weighted by Gasteiger charge is -2.26. The van der Waals surface area contributed by atoms with Crippen molar-refractivity contribution >= 4 is 0 Å². The molecular formula is C15H23FN2. The third-order valence-electron chi connectivity index (χ3n) is 3.85. The SMILES string of the molecule is CC(CC(N)Cc1ccccc1F)N1CCCC1. The third-order valence-corrected chi connectivity index (χ3v) is 3.85. The second kappa shape index (κ2) is 6.30. The molecule has 2 N–H and O–H groups in total. The third kappa shape index (κ3) is 3.53. The quantitative estimate of drug-likeness (QED) is 0.870. The second-order valence-corrected chi connectivity index (χ2v) is 5.38. The lowest BCUT2D eigenvalue weighted by molar-refractivity contribution is 0.235. The van der Waals surface area contributed by atoms with Crippen LogP contribution in [0.2, 0.25) is 0 Å². The van der Waals surface area contributed by atoms with Crippen molar-refractivity contribution in [3.8, 4) is 0 Å².